The van der Waals surface area contributed by atoms with E-state index in [2.05, 4.69) is 25.6 Å². The molecule has 0 aliphatic heterocycles. The minimum Gasteiger partial charge on any atom is -0.487 e. The summed E-state index contributed by atoms with van der Waals surface area (Å²) in [5, 5.41) is 7.09. The number of carbonyl (C=O) groups is 1. The van der Waals surface area contributed by atoms with E-state index in [1.54, 1.807) is 6.20 Å². The standard InChI is InChI=1S/C23H21N5O2/c1-15-11-20(28-23-18-8-3-4-9-19(18)25-14-26-23)21(27-16(2)29)12-22(15)30-13-17-7-5-6-10-24-17/h3-12,14H,13H2,1-2H3,(H,27,29)(H,25,26,28). The van der Waals surface area contributed by atoms with Gasteiger partial charge in [-0.2, -0.15) is 0 Å². The third kappa shape index (κ3) is 4.35. The van der Waals surface area contributed by atoms with Gasteiger partial charge in [0.25, 0.3) is 0 Å². The zero-order chi connectivity index (χ0) is 20.9. The Balaban J connectivity index is 1.66. The first kappa shape index (κ1) is 19.3. The number of hydrogen-bond donors (Lipinski definition) is 2. The van der Waals surface area contributed by atoms with Gasteiger partial charge in [0.2, 0.25) is 5.91 Å². The lowest BCUT2D eigenvalue weighted by molar-refractivity contribution is -0.114. The Morgan fingerprint density at radius 2 is 1.83 bits per heavy atom. The highest BCUT2D eigenvalue weighted by atomic mass is 16.5. The van der Waals surface area contributed by atoms with Gasteiger partial charge in [0.15, 0.2) is 0 Å². The molecule has 0 spiro atoms. The molecule has 0 aliphatic rings. The summed E-state index contributed by atoms with van der Waals surface area (Å²) in [5.41, 5.74) is 3.90. The van der Waals surface area contributed by atoms with Crippen LogP contribution < -0.4 is 15.4 Å². The number of aryl methyl sites for hydroxylation is 1. The van der Waals surface area contributed by atoms with Crippen LogP contribution in [0.4, 0.5) is 17.2 Å². The van der Waals surface area contributed by atoms with Gasteiger partial charge in [0.05, 0.1) is 22.6 Å². The number of benzene rings is 2. The van der Waals surface area contributed by atoms with Crippen LogP contribution >= 0.6 is 0 Å². The molecule has 0 bridgehead atoms. The van der Waals surface area contributed by atoms with Gasteiger partial charge in [-0.25, -0.2) is 9.97 Å². The molecule has 0 fully saturated rings. The van der Waals surface area contributed by atoms with Gasteiger partial charge in [-0.15, -0.1) is 0 Å². The fraction of sp³-hybridized carbons (Fsp3) is 0.130. The van der Waals surface area contributed by atoms with Gasteiger partial charge >= 0.3 is 0 Å². The molecule has 2 aromatic carbocycles. The van der Waals surface area contributed by atoms with Crippen LogP contribution in [0.15, 0.2) is 67.1 Å². The Morgan fingerprint density at radius 3 is 2.63 bits per heavy atom. The first-order valence-electron chi connectivity index (χ1n) is 9.52. The molecule has 0 radical (unpaired) electrons. The summed E-state index contributed by atoms with van der Waals surface area (Å²) in [6.45, 7) is 3.76. The molecule has 4 rings (SSSR count). The second-order valence-electron chi connectivity index (χ2n) is 6.82. The van der Waals surface area contributed by atoms with E-state index < -0.39 is 0 Å². The van der Waals surface area contributed by atoms with Gasteiger partial charge in [-0.05, 0) is 42.8 Å². The van der Waals surface area contributed by atoms with Crippen LogP contribution in [0.1, 0.15) is 18.2 Å². The van der Waals surface area contributed by atoms with Gasteiger partial charge in [0.1, 0.15) is 24.5 Å². The van der Waals surface area contributed by atoms with Crippen molar-refractivity contribution in [2.24, 2.45) is 0 Å². The van der Waals surface area contributed by atoms with Crippen molar-refractivity contribution in [2.45, 2.75) is 20.5 Å². The lowest BCUT2D eigenvalue weighted by Gasteiger charge is -2.17. The number of ether oxygens (including phenoxy) is 1. The van der Waals surface area contributed by atoms with Crippen LogP contribution in [-0.2, 0) is 11.4 Å². The molecule has 0 saturated carbocycles. The number of carbonyl (C=O) groups excluding carboxylic acids is 1. The predicted octanol–water partition coefficient (Wildman–Crippen LogP) is 4.61. The molecule has 4 aromatic rings. The van der Waals surface area contributed by atoms with Gasteiger partial charge in [-0.3, -0.25) is 9.78 Å². The highest BCUT2D eigenvalue weighted by Crippen LogP contribution is 2.34. The number of fused-ring (bicyclic) bond motifs is 1. The normalized spacial score (nSPS) is 10.6. The SMILES string of the molecule is CC(=O)Nc1cc(OCc2ccccn2)c(C)cc1Nc1ncnc2ccccc12. The van der Waals surface area contributed by atoms with E-state index in [0.29, 0.717) is 23.9 Å². The van der Waals surface area contributed by atoms with Crippen LogP contribution in [0.2, 0.25) is 0 Å². The smallest absolute Gasteiger partial charge is 0.221 e. The average molecular weight is 399 g/mol. The number of aromatic nitrogens is 3. The number of hydrogen-bond acceptors (Lipinski definition) is 6. The summed E-state index contributed by atoms with van der Waals surface area (Å²) in [4.78, 5) is 24.7. The minimum atomic E-state index is -0.176. The number of rotatable bonds is 6. The molecular formula is C23H21N5O2. The van der Waals surface area contributed by atoms with Crippen LogP contribution in [0.25, 0.3) is 10.9 Å². The third-order valence-corrected chi connectivity index (χ3v) is 4.52. The van der Waals surface area contributed by atoms with Crippen molar-refractivity contribution >= 4 is 34.0 Å². The van der Waals surface area contributed by atoms with Crippen molar-refractivity contribution in [3.63, 3.8) is 0 Å². The summed E-state index contributed by atoms with van der Waals surface area (Å²) in [6, 6.07) is 17.2. The van der Waals surface area contributed by atoms with Crippen molar-refractivity contribution in [2.75, 3.05) is 10.6 Å². The maximum atomic E-state index is 11.8. The molecule has 2 N–H and O–H groups in total. The van der Waals surface area contributed by atoms with E-state index in [-0.39, 0.29) is 5.91 Å². The lowest BCUT2D eigenvalue weighted by Crippen LogP contribution is -2.09. The van der Waals surface area contributed by atoms with Gasteiger partial charge < -0.3 is 15.4 Å². The zero-order valence-electron chi connectivity index (χ0n) is 16.7. The van der Waals surface area contributed by atoms with Crippen molar-refractivity contribution in [3.05, 3.63) is 78.4 Å². The van der Waals surface area contributed by atoms with Gasteiger partial charge in [-0.1, -0.05) is 18.2 Å². The Labute approximate surface area is 174 Å². The van der Waals surface area contributed by atoms with E-state index in [1.807, 2.05) is 61.5 Å². The number of anilines is 3. The molecule has 1 amide bonds. The molecule has 30 heavy (non-hydrogen) atoms. The molecule has 0 saturated heterocycles. The third-order valence-electron chi connectivity index (χ3n) is 4.52. The quantitative estimate of drug-likeness (QED) is 0.492. The van der Waals surface area contributed by atoms with Crippen molar-refractivity contribution < 1.29 is 9.53 Å². The van der Waals surface area contributed by atoms with Crippen molar-refractivity contribution in [1.82, 2.24) is 15.0 Å². The van der Waals surface area contributed by atoms with Crippen molar-refractivity contribution in [3.8, 4) is 5.75 Å². The Morgan fingerprint density at radius 1 is 1.00 bits per heavy atom. The molecule has 2 aromatic heterocycles. The second-order valence-corrected chi connectivity index (χ2v) is 6.82. The molecular weight excluding hydrogens is 378 g/mol. The fourth-order valence-corrected chi connectivity index (χ4v) is 3.11. The number of nitrogens with zero attached hydrogens (tertiary/aromatic N) is 3. The van der Waals surface area contributed by atoms with E-state index in [0.717, 1.165) is 27.8 Å². The molecule has 7 heteroatoms. The molecule has 0 unspecified atom stereocenters. The molecule has 0 atom stereocenters. The van der Waals surface area contributed by atoms with Crippen molar-refractivity contribution in [1.29, 1.82) is 0 Å². The Hall–Kier alpha value is -4.00. The number of nitrogens with one attached hydrogen (secondary N) is 2. The minimum absolute atomic E-state index is 0.176. The van der Waals surface area contributed by atoms with Crippen LogP contribution in [0, 0.1) is 6.92 Å². The van der Waals surface area contributed by atoms with E-state index >= 15 is 0 Å². The second kappa shape index (κ2) is 8.57. The molecule has 7 nitrogen and oxygen atoms in total. The largest absolute Gasteiger partial charge is 0.487 e. The topological polar surface area (TPSA) is 89.0 Å². The first-order valence-corrected chi connectivity index (χ1v) is 9.52. The lowest BCUT2D eigenvalue weighted by atomic mass is 10.1. The monoisotopic (exact) mass is 399 g/mol. The summed E-state index contributed by atoms with van der Waals surface area (Å²) < 4.78 is 5.95. The van der Waals surface area contributed by atoms with Gasteiger partial charge in [0, 0.05) is 24.6 Å². The summed E-state index contributed by atoms with van der Waals surface area (Å²) >= 11 is 0. The predicted molar refractivity (Wildman–Crippen MR) is 117 cm³/mol. The summed E-state index contributed by atoms with van der Waals surface area (Å²) in [7, 11) is 0. The first-order chi connectivity index (χ1) is 14.6. The van der Waals surface area contributed by atoms with E-state index in [9.17, 15) is 4.79 Å². The summed E-state index contributed by atoms with van der Waals surface area (Å²) in [5.74, 6) is 1.15. The number of para-hydroxylation sites is 1. The number of amides is 1. The fourth-order valence-electron chi connectivity index (χ4n) is 3.11. The van der Waals surface area contributed by atoms with Crippen LogP contribution in [-0.4, -0.2) is 20.9 Å². The number of pyridine rings is 1. The average Bonchev–Trinajstić information content (AvgIpc) is 2.75. The highest BCUT2D eigenvalue weighted by Gasteiger charge is 2.13. The molecule has 150 valence electrons. The maximum Gasteiger partial charge on any atom is 0.221 e. The Kier molecular flexibility index (Phi) is 5.52. The van der Waals surface area contributed by atoms with Crippen LogP contribution in [0.3, 0.4) is 0 Å². The molecule has 2 heterocycles. The highest BCUT2D eigenvalue weighted by molar-refractivity contribution is 5.96. The van der Waals surface area contributed by atoms with Crippen LogP contribution in [0.5, 0.6) is 5.75 Å². The summed E-state index contributed by atoms with van der Waals surface area (Å²) in [6.07, 6.45) is 3.24. The Bertz CT molecular complexity index is 1190. The maximum absolute atomic E-state index is 11.8. The zero-order valence-corrected chi connectivity index (χ0v) is 16.7. The van der Waals surface area contributed by atoms with E-state index in [4.69, 9.17) is 4.74 Å². The van der Waals surface area contributed by atoms with E-state index in [1.165, 1.54) is 13.3 Å². The molecule has 0 aliphatic carbocycles.